The molecule has 0 unspecified atom stereocenters. The molecule has 0 bridgehead atoms. The standard InChI is InChI=1S/C17H10N2O6/c20-10-1-4-13-15(7-10)25-16-8-11(2-5-14(16)18-13)23-9-12-3-6-17(24-12)19(21)22/h1-8H,9H2. The van der Waals surface area contributed by atoms with Gasteiger partial charge in [-0.2, -0.15) is 0 Å². The van der Waals surface area contributed by atoms with Crippen LogP contribution in [0.15, 0.2) is 62.2 Å². The Hall–Kier alpha value is -3.68. The largest absolute Gasteiger partial charge is 0.486 e. The van der Waals surface area contributed by atoms with E-state index < -0.39 is 4.92 Å². The van der Waals surface area contributed by atoms with Gasteiger partial charge < -0.3 is 13.6 Å². The summed E-state index contributed by atoms with van der Waals surface area (Å²) >= 11 is 0. The van der Waals surface area contributed by atoms with E-state index in [2.05, 4.69) is 4.98 Å². The molecule has 0 radical (unpaired) electrons. The number of nitrogens with zero attached hydrogens (tertiary/aromatic N) is 2. The van der Waals surface area contributed by atoms with Gasteiger partial charge in [-0.1, -0.05) is 0 Å². The van der Waals surface area contributed by atoms with Crippen LogP contribution in [-0.2, 0) is 6.61 Å². The summed E-state index contributed by atoms with van der Waals surface area (Å²) in [5.74, 6) is 0.862. The van der Waals surface area contributed by atoms with E-state index in [0.29, 0.717) is 34.1 Å². The van der Waals surface area contributed by atoms with E-state index in [1.807, 2.05) is 0 Å². The van der Waals surface area contributed by atoms with Crippen molar-refractivity contribution in [3.05, 3.63) is 74.6 Å². The summed E-state index contributed by atoms with van der Waals surface area (Å²) in [4.78, 5) is 25.8. The monoisotopic (exact) mass is 338 g/mol. The van der Waals surface area contributed by atoms with Gasteiger partial charge in [-0.25, -0.2) is 4.98 Å². The van der Waals surface area contributed by atoms with E-state index in [1.54, 1.807) is 24.3 Å². The van der Waals surface area contributed by atoms with E-state index in [1.165, 1.54) is 24.3 Å². The highest BCUT2D eigenvalue weighted by Gasteiger charge is 2.13. The zero-order valence-corrected chi connectivity index (χ0v) is 12.7. The summed E-state index contributed by atoms with van der Waals surface area (Å²) in [5, 5.41) is 10.6. The van der Waals surface area contributed by atoms with Gasteiger partial charge in [0, 0.05) is 12.1 Å². The molecule has 25 heavy (non-hydrogen) atoms. The van der Waals surface area contributed by atoms with E-state index >= 15 is 0 Å². The number of hydrogen-bond donors (Lipinski definition) is 0. The molecule has 0 spiro atoms. The fourth-order valence-corrected chi connectivity index (χ4v) is 2.37. The van der Waals surface area contributed by atoms with Gasteiger partial charge in [0.1, 0.15) is 34.3 Å². The van der Waals surface area contributed by atoms with Crippen LogP contribution in [0.5, 0.6) is 5.75 Å². The van der Waals surface area contributed by atoms with Crippen LogP contribution >= 0.6 is 0 Å². The molecule has 0 fully saturated rings. The Bertz CT molecular complexity index is 1110. The van der Waals surface area contributed by atoms with Gasteiger partial charge in [0.25, 0.3) is 0 Å². The van der Waals surface area contributed by atoms with E-state index in [4.69, 9.17) is 13.6 Å². The lowest BCUT2D eigenvalue weighted by Crippen LogP contribution is -1.99. The Morgan fingerprint density at radius 3 is 2.76 bits per heavy atom. The second-order valence-electron chi connectivity index (χ2n) is 5.26. The van der Waals surface area contributed by atoms with Crippen molar-refractivity contribution in [1.82, 2.24) is 4.98 Å². The van der Waals surface area contributed by atoms with Crippen LogP contribution < -0.4 is 10.2 Å². The van der Waals surface area contributed by atoms with Crippen LogP contribution in [0.2, 0.25) is 0 Å². The van der Waals surface area contributed by atoms with Crippen LogP contribution in [0, 0.1) is 10.1 Å². The minimum Gasteiger partial charge on any atom is -0.486 e. The van der Waals surface area contributed by atoms with Crippen molar-refractivity contribution in [1.29, 1.82) is 0 Å². The Labute approximate surface area is 139 Å². The normalized spacial score (nSPS) is 11.0. The van der Waals surface area contributed by atoms with Crippen LogP contribution in [-0.4, -0.2) is 9.91 Å². The molecule has 2 aromatic rings. The summed E-state index contributed by atoms with van der Waals surface area (Å²) in [6.07, 6.45) is 0. The zero-order chi connectivity index (χ0) is 17.4. The molecule has 0 saturated heterocycles. The molecule has 2 aliphatic rings. The number of benzene rings is 2. The molecule has 2 heterocycles. The van der Waals surface area contributed by atoms with E-state index in [9.17, 15) is 14.9 Å². The van der Waals surface area contributed by atoms with Crippen LogP contribution in [0.25, 0.3) is 22.6 Å². The van der Waals surface area contributed by atoms with Crippen LogP contribution in [0.4, 0.5) is 5.88 Å². The summed E-state index contributed by atoms with van der Waals surface area (Å²) in [6, 6.07) is 12.2. The first-order valence-electron chi connectivity index (χ1n) is 7.29. The van der Waals surface area contributed by atoms with Gasteiger partial charge in [0.05, 0.1) is 6.07 Å². The second kappa shape index (κ2) is 5.75. The first-order chi connectivity index (χ1) is 12.1. The molecule has 4 rings (SSSR count). The molecule has 1 aromatic carbocycles. The van der Waals surface area contributed by atoms with Gasteiger partial charge in [0.15, 0.2) is 16.8 Å². The maximum Gasteiger partial charge on any atom is 0.433 e. The minimum atomic E-state index is -0.612. The predicted octanol–water partition coefficient (Wildman–Crippen LogP) is 3.37. The summed E-state index contributed by atoms with van der Waals surface area (Å²) < 4.78 is 16.3. The van der Waals surface area contributed by atoms with Gasteiger partial charge in [-0.3, -0.25) is 14.9 Å². The number of ether oxygens (including phenoxy) is 1. The number of nitro groups is 1. The molecule has 124 valence electrons. The summed E-state index contributed by atoms with van der Waals surface area (Å²) in [5.41, 5.74) is 1.50. The van der Waals surface area contributed by atoms with Crippen molar-refractivity contribution in [2.24, 2.45) is 0 Å². The molecular weight excluding hydrogens is 328 g/mol. The third-order valence-electron chi connectivity index (χ3n) is 3.53. The average Bonchev–Trinajstić information content (AvgIpc) is 3.07. The highest BCUT2D eigenvalue weighted by atomic mass is 16.6. The Morgan fingerprint density at radius 1 is 1.08 bits per heavy atom. The fraction of sp³-hybridized carbons (Fsp3) is 0.0588. The number of furan rings is 1. The lowest BCUT2D eigenvalue weighted by atomic mass is 10.2. The van der Waals surface area contributed by atoms with Crippen molar-refractivity contribution in [3.63, 3.8) is 0 Å². The molecular formula is C17H10N2O6. The van der Waals surface area contributed by atoms with Gasteiger partial charge in [-0.15, -0.1) is 0 Å². The molecule has 0 amide bonds. The predicted molar refractivity (Wildman–Crippen MR) is 86.6 cm³/mol. The molecule has 0 N–H and O–H groups in total. The lowest BCUT2D eigenvalue weighted by Gasteiger charge is -2.08. The molecule has 1 aliphatic heterocycles. The number of rotatable bonds is 4. The molecule has 1 aromatic heterocycles. The first-order valence-corrected chi connectivity index (χ1v) is 7.29. The van der Waals surface area contributed by atoms with Crippen molar-refractivity contribution in [3.8, 4) is 17.2 Å². The fourth-order valence-electron chi connectivity index (χ4n) is 2.37. The number of hydrogen-bond acceptors (Lipinski definition) is 7. The van der Waals surface area contributed by atoms with Crippen molar-refractivity contribution >= 4 is 17.0 Å². The van der Waals surface area contributed by atoms with Gasteiger partial charge in [-0.05, 0) is 30.3 Å². The van der Waals surface area contributed by atoms with E-state index in [0.717, 1.165) is 0 Å². The quantitative estimate of drug-likeness (QED) is 0.319. The van der Waals surface area contributed by atoms with Crippen LogP contribution in [0.1, 0.15) is 5.76 Å². The van der Waals surface area contributed by atoms with E-state index in [-0.39, 0.29) is 17.9 Å². The lowest BCUT2D eigenvalue weighted by molar-refractivity contribution is -0.402. The maximum atomic E-state index is 11.4. The molecule has 8 heteroatoms. The topological polar surface area (TPSA) is 109 Å². The Balaban J connectivity index is 1.61. The third kappa shape index (κ3) is 2.92. The molecule has 0 atom stereocenters. The molecule has 8 nitrogen and oxygen atoms in total. The van der Waals surface area contributed by atoms with Crippen molar-refractivity contribution < 1.29 is 18.5 Å². The van der Waals surface area contributed by atoms with Crippen LogP contribution in [0.3, 0.4) is 0 Å². The van der Waals surface area contributed by atoms with Gasteiger partial charge >= 0.3 is 5.88 Å². The number of aromatic nitrogens is 1. The molecule has 1 aliphatic carbocycles. The van der Waals surface area contributed by atoms with Crippen molar-refractivity contribution in [2.75, 3.05) is 0 Å². The SMILES string of the molecule is O=c1ccc2nc3ccc(OCc4ccc([N+](=O)[O-])o4)cc3oc-2c1. The highest BCUT2D eigenvalue weighted by molar-refractivity contribution is 5.77. The third-order valence-corrected chi connectivity index (χ3v) is 3.53. The van der Waals surface area contributed by atoms with Crippen molar-refractivity contribution in [2.45, 2.75) is 6.61 Å². The Morgan fingerprint density at radius 2 is 1.96 bits per heavy atom. The average molecular weight is 338 g/mol. The highest BCUT2D eigenvalue weighted by Crippen LogP contribution is 2.27. The molecule has 0 saturated carbocycles. The second-order valence-corrected chi connectivity index (χ2v) is 5.26. The summed E-state index contributed by atoms with van der Waals surface area (Å²) in [6.45, 7) is 0.0328. The zero-order valence-electron chi connectivity index (χ0n) is 12.7. The summed E-state index contributed by atoms with van der Waals surface area (Å²) in [7, 11) is 0. The van der Waals surface area contributed by atoms with Gasteiger partial charge in [0.2, 0.25) is 0 Å². The number of fused-ring (bicyclic) bond motifs is 2. The first kappa shape index (κ1) is 14.9. The minimum absolute atomic E-state index is 0.0328. The smallest absolute Gasteiger partial charge is 0.433 e. The maximum absolute atomic E-state index is 11.4. The Kier molecular flexibility index (Phi) is 3.42.